The maximum atomic E-state index is 14.3. The molecule has 0 radical (unpaired) electrons. The minimum Gasteiger partial charge on any atom is -0.361 e. The van der Waals surface area contributed by atoms with Gasteiger partial charge >= 0.3 is 0 Å². The highest BCUT2D eigenvalue weighted by molar-refractivity contribution is 5.92. The topological polar surface area (TPSA) is 70.7 Å². The first-order valence-electron chi connectivity index (χ1n) is 7.57. The smallest absolute Gasteiger partial charge is 0.266 e. The van der Waals surface area contributed by atoms with Crippen molar-refractivity contribution in [1.82, 2.24) is 15.2 Å². The lowest BCUT2D eigenvalue weighted by Gasteiger charge is -2.18. The van der Waals surface area contributed by atoms with Gasteiger partial charge in [0.25, 0.3) is 6.43 Å². The van der Waals surface area contributed by atoms with Crippen molar-refractivity contribution in [3.8, 4) is 0 Å². The predicted octanol–water partition coefficient (Wildman–Crippen LogP) is 3.88. The molecule has 3 rings (SSSR count). The molecule has 1 atom stereocenters. The fourth-order valence-corrected chi connectivity index (χ4v) is 2.66. The first-order chi connectivity index (χ1) is 11.9. The molecule has 0 spiro atoms. The maximum absolute atomic E-state index is 14.3. The van der Waals surface area contributed by atoms with E-state index in [9.17, 15) is 18.0 Å². The van der Waals surface area contributed by atoms with Crippen LogP contribution in [0.5, 0.6) is 0 Å². The molecule has 0 saturated heterocycles. The Morgan fingerprint density at radius 2 is 1.88 bits per heavy atom. The molecular formula is C17H15F3N4O. The number of aryl methyl sites for hydroxylation is 1. The van der Waals surface area contributed by atoms with Crippen LogP contribution < -0.4 is 10.9 Å². The average molecular weight is 348 g/mol. The SMILES string of the molecule is Cc1nnc(NC(C)c2cccc(C(F)F)c2F)c2c[nH]c(=O)cc12. The summed E-state index contributed by atoms with van der Waals surface area (Å²) in [5, 5.41) is 12.2. The highest BCUT2D eigenvalue weighted by Crippen LogP contribution is 2.30. The third-order valence-corrected chi connectivity index (χ3v) is 3.98. The largest absolute Gasteiger partial charge is 0.361 e. The molecule has 8 heteroatoms. The molecular weight excluding hydrogens is 333 g/mol. The van der Waals surface area contributed by atoms with Crippen LogP contribution in [0.1, 0.15) is 36.2 Å². The quantitative estimate of drug-likeness (QED) is 0.751. The number of hydrogen-bond donors (Lipinski definition) is 2. The van der Waals surface area contributed by atoms with Crippen molar-refractivity contribution >= 4 is 16.6 Å². The van der Waals surface area contributed by atoms with Gasteiger partial charge in [-0.2, -0.15) is 5.10 Å². The highest BCUT2D eigenvalue weighted by Gasteiger charge is 2.20. The summed E-state index contributed by atoms with van der Waals surface area (Å²) in [6, 6.07) is 4.64. The van der Waals surface area contributed by atoms with Crippen LogP contribution in [0.3, 0.4) is 0 Å². The van der Waals surface area contributed by atoms with Crippen molar-refractivity contribution in [2.45, 2.75) is 26.3 Å². The molecule has 2 aromatic heterocycles. The average Bonchev–Trinajstić information content (AvgIpc) is 2.57. The molecule has 3 aromatic rings. The fraction of sp³-hybridized carbons (Fsp3) is 0.235. The first-order valence-corrected chi connectivity index (χ1v) is 7.57. The second-order valence-electron chi connectivity index (χ2n) is 5.68. The van der Waals surface area contributed by atoms with E-state index in [0.717, 1.165) is 6.07 Å². The molecule has 2 N–H and O–H groups in total. The second-order valence-corrected chi connectivity index (χ2v) is 5.68. The lowest BCUT2D eigenvalue weighted by Crippen LogP contribution is -2.13. The monoisotopic (exact) mass is 348 g/mol. The van der Waals surface area contributed by atoms with Crippen molar-refractivity contribution in [1.29, 1.82) is 0 Å². The standard InChI is InChI=1S/C17H15F3N4O/c1-8(10-4-3-5-11(15(10)18)16(19)20)22-17-13-7-21-14(25)6-12(13)9(2)23-24-17/h3-8,16H,1-2H3,(H,21,25)(H,22,24). The molecule has 0 bridgehead atoms. The predicted molar refractivity (Wildman–Crippen MR) is 88.3 cm³/mol. The van der Waals surface area contributed by atoms with Crippen LogP contribution in [0, 0.1) is 12.7 Å². The lowest BCUT2D eigenvalue weighted by molar-refractivity contribution is 0.146. The summed E-state index contributed by atoms with van der Waals surface area (Å²) in [6.07, 6.45) is -1.41. The molecule has 25 heavy (non-hydrogen) atoms. The number of H-pyrrole nitrogens is 1. The molecule has 0 aliphatic heterocycles. The number of rotatable bonds is 4. The summed E-state index contributed by atoms with van der Waals surface area (Å²) in [7, 11) is 0. The van der Waals surface area contributed by atoms with Gasteiger partial charge in [-0.1, -0.05) is 18.2 Å². The Morgan fingerprint density at radius 1 is 1.16 bits per heavy atom. The fourth-order valence-electron chi connectivity index (χ4n) is 2.66. The molecule has 130 valence electrons. The number of aromatic amines is 1. The van der Waals surface area contributed by atoms with Crippen LogP contribution in [0.15, 0.2) is 35.3 Å². The Morgan fingerprint density at radius 3 is 2.60 bits per heavy atom. The molecule has 5 nitrogen and oxygen atoms in total. The third kappa shape index (κ3) is 3.19. The minimum atomic E-state index is -2.89. The molecule has 0 fully saturated rings. The van der Waals surface area contributed by atoms with E-state index in [0.29, 0.717) is 22.3 Å². The summed E-state index contributed by atoms with van der Waals surface area (Å²) in [6.45, 7) is 3.35. The van der Waals surface area contributed by atoms with Gasteiger partial charge in [0.05, 0.1) is 17.3 Å². The van der Waals surface area contributed by atoms with Gasteiger partial charge < -0.3 is 10.3 Å². The lowest BCUT2D eigenvalue weighted by atomic mass is 10.0. The van der Waals surface area contributed by atoms with Gasteiger partial charge in [-0.15, -0.1) is 5.10 Å². The molecule has 2 heterocycles. The number of aromatic nitrogens is 3. The number of pyridine rings is 1. The number of nitrogens with zero attached hydrogens (tertiary/aromatic N) is 2. The number of nitrogens with one attached hydrogen (secondary N) is 2. The Labute approximate surface area is 140 Å². The Bertz CT molecular complexity index is 987. The Kier molecular flexibility index (Phi) is 4.43. The molecule has 0 aliphatic carbocycles. The van der Waals surface area contributed by atoms with E-state index in [2.05, 4.69) is 20.5 Å². The summed E-state index contributed by atoms with van der Waals surface area (Å²) < 4.78 is 40.0. The maximum Gasteiger partial charge on any atom is 0.266 e. The second kappa shape index (κ2) is 6.54. The van der Waals surface area contributed by atoms with Crippen molar-refractivity contribution in [3.63, 3.8) is 0 Å². The summed E-state index contributed by atoms with van der Waals surface area (Å²) >= 11 is 0. The van der Waals surface area contributed by atoms with Gasteiger partial charge in [0.2, 0.25) is 5.56 Å². The van der Waals surface area contributed by atoms with E-state index in [-0.39, 0.29) is 11.1 Å². The Hall–Kier alpha value is -2.90. The van der Waals surface area contributed by atoms with Crippen molar-refractivity contribution in [2.75, 3.05) is 5.32 Å². The van der Waals surface area contributed by atoms with Crippen LogP contribution in [-0.2, 0) is 0 Å². The van der Waals surface area contributed by atoms with E-state index in [1.807, 2.05) is 0 Å². The molecule has 0 amide bonds. The van der Waals surface area contributed by atoms with Crippen LogP contribution in [-0.4, -0.2) is 15.2 Å². The van der Waals surface area contributed by atoms with Crippen LogP contribution in [0.25, 0.3) is 10.8 Å². The van der Waals surface area contributed by atoms with Crippen molar-refractivity contribution < 1.29 is 13.2 Å². The van der Waals surface area contributed by atoms with Gasteiger partial charge in [0.15, 0.2) is 5.82 Å². The van der Waals surface area contributed by atoms with E-state index in [1.165, 1.54) is 24.4 Å². The molecule has 0 aliphatic rings. The number of halogens is 3. The molecule has 1 unspecified atom stereocenters. The molecule has 1 aromatic carbocycles. The first kappa shape index (κ1) is 16.9. The van der Waals surface area contributed by atoms with Crippen LogP contribution in [0.4, 0.5) is 19.0 Å². The normalized spacial score (nSPS) is 12.6. The minimum absolute atomic E-state index is 0.0951. The number of hydrogen-bond acceptors (Lipinski definition) is 4. The van der Waals surface area contributed by atoms with E-state index < -0.39 is 23.8 Å². The number of fused-ring (bicyclic) bond motifs is 1. The number of benzene rings is 1. The van der Waals surface area contributed by atoms with Crippen molar-refractivity contribution in [2.24, 2.45) is 0 Å². The van der Waals surface area contributed by atoms with Crippen LogP contribution in [0.2, 0.25) is 0 Å². The highest BCUT2D eigenvalue weighted by atomic mass is 19.3. The number of anilines is 1. The zero-order chi connectivity index (χ0) is 18.1. The van der Waals surface area contributed by atoms with E-state index in [4.69, 9.17) is 0 Å². The number of alkyl halides is 2. The van der Waals surface area contributed by atoms with E-state index in [1.54, 1.807) is 13.8 Å². The van der Waals surface area contributed by atoms with Gasteiger partial charge in [0, 0.05) is 28.6 Å². The third-order valence-electron chi connectivity index (χ3n) is 3.98. The van der Waals surface area contributed by atoms with Crippen LogP contribution >= 0.6 is 0 Å². The summed E-state index contributed by atoms with van der Waals surface area (Å²) in [5.74, 6) is -0.624. The summed E-state index contributed by atoms with van der Waals surface area (Å²) in [5.41, 5.74) is -0.253. The van der Waals surface area contributed by atoms with E-state index >= 15 is 0 Å². The van der Waals surface area contributed by atoms with Gasteiger partial charge in [-0.3, -0.25) is 4.79 Å². The van der Waals surface area contributed by atoms with Gasteiger partial charge in [-0.05, 0) is 13.8 Å². The Balaban J connectivity index is 2.01. The zero-order valence-corrected chi connectivity index (χ0v) is 13.5. The zero-order valence-electron chi connectivity index (χ0n) is 13.5. The molecule has 0 saturated carbocycles. The van der Waals surface area contributed by atoms with Gasteiger partial charge in [-0.25, -0.2) is 13.2 Å². The summed E-state index contributed by atoms with van der Waals surface area (Å²) in [4.78, 5) is 14.0. The van der Waals surface area contributed by atoms with Crippen molar-refractivity contribution in [3.05, 3.63) is 63.5 Å². The van der Waals surface area contributed by atoms with Gasteiger partial charge in [0.1, 0.15) is 5.82 Å².